The molecule has 96 valence electrons. The largest absolute Gasteiger partial charge is 0.496 e. The zero-order valence-electron chi connectivity index (χ0n) is 9.95. The molecule has 0 saturated carbocycles. The number of halogens is 1. The van der Waals surface area contributed by atoms with Gasteiger partial charge in [-0.05, 0) is 25.1 Å². The van der Waals surface area contributed by atoms with Crippen molar-refractivity contribution < 1.29 is 13.9 Å². The van der Waals surface area contributed by atoms with Gasteiger partial charge in [0.15, 0.2) is 0 Å². The molecule has 0 unspecified atom stereocenters. The number of benzene rings is 1. The summed E-state index contributed by atoms with van der Waals surface area (Å²) in [6.45, 7) is 2.22. The molecule has 18 heavy (non-hydrogen) atoms. The molecule has 0 radical (unpaired) electrons. The lowest BCUT2D eigenvalue weighted by atomic mass is 10.1. The van der Waals surface area contributed by atoms with Gasteiger partial charge in [0.05, 0.1) is 19.3 Å². The maximum absolute atomic E-state index is 11.3. The molecule has 0 amide bonds. The van der Waals surface area contributed by atoms with E-state index in [0.29, 0.717) is 22.9 Å². The Morgan fingerprint density at radius 1 is 1.44 bits per heavy atom. The van der Waals surface area contributed by atoms with Crippen LogP contribution in [0.15, 0.2) is 27.4 Å². The molecule has 6 heteroatoms. The minimum atomic E-state index is -0.588. The number of aromatic nitrogens is 1. The summed E-state index contributed by atoms with van der Waals surface area (Å²) in [5.41, 5.74) is 0.562. The third-order valence-electron chi connectivity index (χ3n) is 2.31. The predicted octanol–water partition coefficient (Wildman–Crippen LogP) is 2.70. The van der Waals surface area contributed by atoms with E-state index in [2.05, 4.69) is 4.98 Å². The molecule has 0 fully saturated rings. The van der Waals surface area contributed by atoms with E-state index in [0.717, 1.165) is 0 Å². The number of methoxy groups -OCH3 is 1. The third-order valence-corrected chi connectivity index (χ3v) is 2.55. The molecule has 1 aromatic carbocycles. The maximum atomic E-state index is 11.3. The van der Waals surface area contributed by atoms with Gasteiger partial charge in [0.1, 0.15) is 5.75 Å². The number of hydrogen-bond donors (Lipinski definition) is 1. The lowest BCUT2D eigenvalue weighted by molar-refractivity contribution is 0.327. The number of aromatic amines is 1. The van der Waals surface area contributed by atoms with Crippen molar-refractivity contribution in [2.75, 3.05) is 13.7 Å². The van der Waals surface area contributed by atoms with Crippen LogP contribution in [0.1, 0.15) is 6.92 Å². The van der Waals surface area contributed by atoms with Crippen LogP contribution < -0.4 is 15.2 Å². The van der Waals surface area contributed by atoms with Crippen molar-refractivity contribution in [3.05, 3.63) is 33.8 Å². The van der Waals surface area contributed by atoms with Crippen molar-refractivity contribution >= 4 is 11.6 Å². The van der Waals surface area contributed by atoms with Crippen LogP contribution in [0, 0.1) is 0 Å². The molecule has 1 heterocycles. The first-order valence-electron chi connectivity index (χ1n) is 5.35. The minimum Gasteiger partial charge on any atom is -0.496 e. The second-order valence-electron chi connectivity index (χ2n) is 3.45. The summed E-state index contributed by atoms with van der Waals surface area (Å²) in [5.74, 6) is 0.503. The number of ether oxygens (including phenoxy) is 2. The topological polar surface area (TPSA) is 64.5 Å². The summed E-state index contributed by atoms with van der Waals surface area (Å²) in [5, 5.41) is 0.511. The van der Waals surface area contributed by atoms with Crippen molar-refractivity contribution in [1.82, 2.24) is 4.98 Å². The Labute approximate surface area is 108 Å². The van der Waals surface area contributed by atoms with E-state index in [1.807, 2.05) is 6.92 Å². The predicted molar refractivity (Wildman–Crippen MR) is 67.5 cm³/mol. The average molecular weight is 270 g/mol. The molecule has 0 aliphatic rings. The standard InChI is InChI=1S/C12H12ClNO4/c1-3-17-11-10(18-12(15)14-11)8-6-7(13)4-5-9(8)16-2/h4-6H,3H2,1-2H3,(H,14,15). The molecule has 0 saturated heterocycles. The van der Waals surface area contributed by atoms with Gasteiger partial charge in [0, 0.05) is 5.02 Å². The first kappa shape index (κ1) is 12.6. The van der Waals surface area contributed by atoms with Gasteiger partial charge in [-0.25, -0.2) is 4.79 Å². The fraction of sp³-hybridized carbons (Fsp3) is 0.250. The molecule has 5 nitrogen and oxygen atoms in total. The number of H-pyrrole nitrogens is 1. The molecule has 1 N–H and O–H groups in total. The fourth-order valence-corrected chi connectivity index (χ4v) is 1.77. The Morgan fingerprint density at radius 2 is 2.22 bits per heavy atom. The second kappa shape index (κ2) is 5.18. The van der Waals surface area contributed by atoms with Crippen LogP contribution in [-0.4, -0.2) is 18.7 Å². The summed E-state index contributed by atoms with van der Waals surface area (Å²) < 4.78 is 15.6. The molecule has 2 aromatic rings. The van der Waals surface area contributed by atoms with E-state index in [1.165, 1.54) is 7.11 Å². The molecule has 0 spiro atoms. The number of oxazole rings is 1. The zero-order valence-corrected chi connectivity index (χ0v) is 10.7. The fourth-order valence-electron chi connectivity index (χ4n) is 1.59. The Morgan fingerprint density at radius 3 is 2.89 bits per heavy atom. The highest BCUT2D eigenvalue weighted by atomic mass is 35.5. The van der Waals surface area contributed by atoms with Gasteiger partial charge < -0.3 is 13.9 Å². The van der Waals surface area contributed by atoms with E-state index in [-0.39, 0.29) is 11.6 Å². The molecule has 0 aliphatic heterocycles. The molecule has 0 aliphatic carbocycles. The second-order valence-corrected chi connectivity index (χ2v) is 3.89. The van der Waals surface area contributed by atoms with Crippen LogP contribution in [0.25, 0.3) is 11.3 Å². The monoisotopic (exact) mass is 269 g/mol. The Balaban J connectivity index is 2.60. The summed E-state index contributed by atoms with van der Waals surface area (Å²) in [6.07, 6.45) is 0. The lowest BCUT2D eigenvalue weighted by Crippen LogP contribution is -1.98. The molecular weight excluding hydrogens is 258 g/mol. The highest BCUT2D eigenvalue weighted by molar-refractivity contribution is 6.30. The van der Waals surface area contributed by atoms with E-state index < -0.39 is 5.76 Å². The molecule has 0 bridgehead atoms. The van der Waals surface area contributed by atoms with Crippen molar-refractivity contribution in [2.45, 2.75) is 6.92 Å². The summed E-state index contributed by atoms with van der Waals surface area (Å²) in [7, 11) is 1.53. The highest BCUT2D eigenvalue weighted by Crippen LogP contribution is 2.36. The van der Waals surface area contributed by atoms with Crippen LogP contribution in [0.3, 0.4) is 0 Å². The molecule has 1 aromatic heterocycles. The Kier molecular flexibility index (Phi) is 3.62. The third kappa shape index (κ3) is 2.36. The van der Waals surface area contributed by atoms with Gasteiger partial charge in [-0.15, -0.1) is 0 Å². The van der Waals surface area contributed by atoms with E-state index in [9.17, 15) is 4.79 Å². The minimum absolute atomic E-state index is 0.267. The maximum Gasteiger partial charge on any atom is 0.419 e. The number of hydrogen-bond acceptors (Lipinski definition) is 4. The first-order chi connectivity index (χ1) is 8.65. The quantitative estimate of drug-likeness (QED) is 0.927. The normalized spacial score (nSPS) is 10.4. The highest BCUT2D eigenvalue weighted by Gasteiger charge is 2.18. The lowest BCUT2D eigenvalue weighted by Gasteiger charge is -2.07. The average Bonchev–Trinajstić information content (AvgIpc) is 2.71. The summed E-state index contributed by atoms with van der Waals surface area (Å²) in [6, 6.07) is 5.03. The van der Waals surface area contributed by atoms with Crippen LogP contribution in [0.4, 0.5) is 0 Å². The van der Waals surface area contributed by atoms with Gasteiger partial charge >= 0.3 is 5.76 Å². The van der Waals surface area contributed by atoms with Gasteiger partial charge in [0.2, 0.25) is 11.6 Å². The van der Waals surface area contributed by atoms with Crippen LogP contribution >= 0.6 is 11.6 Å². The van der Waals surface area contributed by atoms with Crippen LogP contribution in [0.2, 0.25) is 5.02 Å². The Hall–Kier alpha value is -1.88. The van der Waals surface area contributed by atoms with Crippen molar-refractivity contribution in [2.24, 2.45) is 0 Å². The van der Waals surface area contributed by atoms with E-state index in [1.54, 1.807) is 18.2 Å². The molecular formula is C12H12ClNO4. The summed E-state index contributed by atoms with van der Waals surface area (Å²) >= 11 is 5.93. The van der Waals surface area contributed by atoms with Gasteiger partial charge in [-0.3, -0.25) is 4.98 Å². The zero-order chi connectivity index (χ0) is 13.1. The number of nitrogens with one attached hydrogen (secondary N) is 1. The van der Waals surface area contributed by atoms with E-state index >= 15 is 0 Å². The smallest absolute Gasteiger partial charge is 0.419 e. The Bertz CT molecular complexity index is 602. The van der Waals surface area contributed by atoms with Crippen LogP contribution in [-0.2, 0) is 0 Å². The number of rotatable bonds is 4. The van der Waals surface area contributed by atoms with Gasteiger partial charge in [0.25, 0.3) is 0 Å². The van der Waals surface area contributed by atoms with Crippen LogP contribution in [0.5, 0.6) is 11.6 Å². The first-order valence-corrected chi connectivity index (χ1v) is 5.73. The SMILES string of the molecule is CCOc1[nH]c(=O)oc1-c1cc(Cl)ccc1OC. The molecule has 0 atom stereocenters. The summed E-state index contributed by atoms with van der Waals surface area (Å²) in [4.78, 5) is 13.7. The van der Waals surface area contributed by atoms with Gasteiger partial charge in [-0.1, -0.05) is 11.6 Å². The van der Waals surface area contributed by atoms with Crippen molar-refractivity contribution in [1.29, 1.82) is 0 Å². The van der Waals surface area contributed by atoms with Crippen molar-refractivity contribution in [3.8, 4) is 23.0 Å². The van der Waals surface area contributed by atoms with E-state index in [4.69, 9.17) is 25.5 Å². The molecule has 2 rings (SSSR count). The van der Waals surface area contributed by atoms with Crippen molar-refractivity contribution in [3.63, 3.8) is 0 Å². The van der Waals surface area contributed by atoms with Gasteiger partial charge in [-0.2, -0.15) is 0 Å².